The number of aromatic hydroxyl groups is 1. The summed E-state index contributed by atoms with van der Waals surface area (Å²) < 4.78 is 0. The lowest BCUT2D eigenvalue weighted by Gasteiger charge is -2.21. The third-order valence-electron chi connectivity index (χ3n) is 3.25. The third kappa shape index (κ3) is 3.23. The molecule has 1 fully saturated rings. The summed E-state index contributed by atoms with van der Waals surface area (Å²) in [7, 11) is 0. The lowest BCUT2D eigenvalue weighted by atomic mass is 10.1. The van der Waals surface area contributed by atoms with Crippen molar-refractivity contribution in [2.75, 3.05) is 13.2 Å². The molecule has 2 rings (SSSR count). The van der Waals surface area contributed by atoms with Crippen LogP contribution < -0.4 is 0 Å². The van der Waals surface area contributed by atoms with E-state index in [0.717, 1.165) is 18.4 Å². The van der Waals surface area contributed by atoms with Crippen LogP contribution >= 0.6 is 0 Å². The van der Waals surface area contributed by atoms with Crippen LogP contribution in [0.5, 0.6) is 5.75 Å². The number of nitrogens with zero attached hydrogens (tertiary/aromatic N) is 1. The molecule has 0 bridgehead atoms. The second-order valence-electron chi connectivity index (χ2n) is 4.67. The van der Waals surface area contributed by atoms with Gasteiger partial charge in [-0.15, -0.1) is 0 Å². The number of para-hydroxylation sites is 1. The van der Waals surface area contributed by atoms with E-state index in [0.29, 0.717) is 25.4 Å². The van der Waals surface area contributed by atoms with Gasteiger partial charge < -0.3 is 15.1 Å². The highest BCUT2D eigenvalue weighted by atomic mass is 16.3. The molecule has 0 aromatic heterocycles. The van der Waals surface area contributed by atoms with Gasteiger partial charge in [-0.1, -0.05) is 18.2 Å². The van der Waals surface area contributed by atoms with E-state index >= 15 is 0 Å². The quantitative estimate of drug-likeness (QED) is 0.799. The first-order valence-electron chi connectivity index (χ1n) is 6.39. The highest BCUT2D eigenvalue weighted by Gasteiger charge is 2.31. The SMILES string of the molecule is O=C(CCc1ccccc1O)N(CCO)C1CC1. The Morgan fingerprint density at radius 2 is 2.06 bits per heavy atom. The molecule has 2 N–H and O–H groups in total. The zero-order valence-electron chi connectivity index (χ0n) is 10.4. The second-order valence-corrected chi connectivity index (χ2v) is 4.67. The number of carbonyl (C=O) groups excluding carboxylic acids is 1. The summed E-state index contributed by atoms with van der Waals surface area (Å²) in [5, 5.41) is 18.6. The monoisotopic (exact) mass is 249 g/mol. The Labute approximate surface area is 107 Å². The molecule has 1 aromatic carbocycles. The summed E-state index contributed by atoms with van der Waals surface area (Å²) in [6.07, 6.45) is 3.01. The number of benzene rings is 1. The lowest BCUT2D eigenvalue weighted by molar-refractivity contribution is -0.132. The van der Waals surface area contributed by atoms with Gasteiger partial charge in [-0.3, -0.25) is 4.79 Å². The zero-order chi connectivity index (χ0) is 13.0. The number of hydrogen-bond donors (Lipinski definition) is 2. The van der Waals surface area contributed by atoms with Crippen LogP contribution in [0.2, 0.25) is 0 Å². The van der Waals surface area contributed by atoms with Crippen molar-refractivity contribution in [3.63, 3.8) is 0 Å². The number of aliphatic hydroxyl groups is 1. The van der Waals surface area contributed by atoms with Crippen molar-refractivity contribution in [1.29, 1.82) is 0 Å². The standard InChI is InChI=1S/C14H19NO3/c16-10-9-15(12-6-7-12)14(18)8-5-11-3-1-2-4-13(11)17/h1-4,12,16-17H,5-10H2. The third-order valence-corrected chi connectivity index (χ3v) is 3.25. The summed E-state index contributed by atoms with van der Waals surface area (Å²) in [6, 6.07) is 7.41. The Hall–Kier alpha value is -1.55. The number of phenols is 1. The average molecular weight is 249 g/mol. The van der Waals surface area contributed by atoms with E-state index in [2.05, 4.69) is 0 Å². The van der Waals surface area contributed by atoms with Crippen molar-refractivity contribution in [2.24, 2.45) is 0 Å². The van der Waals surface area contributed by atoms with Gasteiger partial charge in [0.05, 0.1) is 6.61 Å². The summed E-state index contributed by atoms with van der Waals surface area (Å²) in [6.45, 7) is 0.434. The van der Waals surface area contributed by atoms with Gasteiger partial charge in [0.25, 0.3) is 0 Å². The predicted molar refractivity (Wildman–Crippen MR) is 68.2 cm³/mol. The van der Waals surface area contributed by atoms with Crippen molar-refractivity contribution >= 4 is 5.91 Å². The molecule has 0 saturated heterocycles. The number of amides is 1. The van der Waals surface area contributed by atoms with E-state index in [1.165, 1.54) is 0 Å². The van der Waals surface area contributed by atoms with Crippen LogP contribution in [0.1, 0.15) is 24.8 Å². The molecular formula is C14H19NO3. The van der Waals surface area contributed by atoms with E-state index in [-0.39, 0.29) is 18.3 Å². The molecule has 0 aliphatic heterocycles. The first-order chi connectivity index (χ1) is 8.72. The molecule has 1 aliphatic carbocycles. The second kappa shape index (κ2) is 5.87. The minimum atomic E-state index is 0.0127. The number of phenolic OH excluding ortho intramolecular Hbond substituents is 1. The van der Waals surface area contributed by atoms with E-state index in [4.69, 9.17) is 5.11 Å². The van der Waals surface area contributed by atoms with Crippen molar-refractivity contribution in [1.82, 2.24) is 4.90 Å². The molecule has 0 spiro atoms. The minimum absolute atomic E-state index is 0.0127. The zero-order valence-corrected chi connectivity index (χ0v) is 10.4. The number of aliphatic hydroxyl groups excluding tert-OH is 1. The van der Waals surface area contributed by atoms with Gasteiger partial charge in [-0.05, 0) is 30.9 Å². The van der Waals surface area contributed by atoms with E-state index in [9.17, 15) is 9.90 Å². The van der Waals surface area contributed by atoms with Crippen LogP contribution in [-0.4, -0.2) is 40.2 Å². The largest absolute Gasteiger partial charge is 0.508 e. The van der Waals surface area contributed by atoms with Crippen molar-refractivity contribution in [2.45, 2.75) is 31.7 Å². The van der Waals surface area contributed by atoms with Gasteiger partial charge in [0, 0.05) is 19.0 Å². The molecule has 0 unspecified atom stereocenters. The van der Waals surface area contributed by atoms with Gasteiger partial charge in [0.2, 0.25) is 5.91 Å². The maximum Gasteiger partial charge on any atom is 0.223 e. The highest BCUT2D eigenvalue weighted by Crippen LogP contribution is 2.27. The Morgan fingerprint density at radius 1 is 1.33 bits per heavy atom. The van der Waals surface area contributed by atoms with E-state index < -0.39 is 0 Å². The Bertz CT molecular complexity index is 415. The normalized spacial score (nSPS) is 14.5. The molecular weight excluding hydrogens is 230 g/mol. The van der Waals surface area contributed by atoms with Crippen LogP contribution in [0.4, 0.5) is 0 Å². The summed E-state index contributed by atoms with van der Waals surface area (Å²) in [4.78, 5) is 13.8. The van der Waals surface area contributed by atoms with E-state index in [1.54, 1.807) is 17.0 Å². The minimum Gasteiger partial charge on any atom is -0.508 e. The fourth-order valence-corrected chi connectivity index (χ4v) is 2.11. The molecule has 0 radical (unpaired) electrons. The molecule has 0 heterocycles. The predicted octanol–water partition coefficient (Wildman–Crippen LogP) is 1.31. The van der Waals surface area contributed by atoms with Gasteiger partial charge in [0.1, 0.15) is 5.75 Å². The fourth-order valence-electron chi connectivity index (χ4n) is 2.11. The van der Waals surface area contributed by atoms with Gasteiger partial charge >= 0.3 is 0 Å². The smallest absolute Gasteiger partial charge is 0.223 e. The summed E-state index contributed by atoms with van der Waals surface area (Å²) in [5.74, 6) is 0.306. The van der Waals surface area contributed by atoms with Crippen LogP contribution in [-0.2, 0) is 11.2 Å². The maximum atomic E-state index is 12.0. The molecule has 1 saturated carbocycles. The molecule has 1 aliphatic rings. The van der Waals surface area contributed by atoms with Gasteiger partial charge in [0.15, 0.2) is 0 Å². The fraction of sp³-hybridized carbons (Fsp3) is 0.500. The first-order valence-corrected chi connectivity index (χ1v) is 6.39. The van der Waals surface area contributed by atoms with Crippen molar-refractivity contribution in [3.8, 4) is 5.75 Å². The Morgan fingerprint density at radius 3 is 2.67 bits per heavy atom. The van der Waals surface area contributed by atoms with Crippen LogP contribution in [0.3, 0.4) is 0 Å². The van der Waals surface area contributed by atoms with Crippen molar-refractivity contribution in [3.05, 3.63) is 29.8 Å². The lowest BCUT2D eigenvalue weighted by Crippen LogP contribution is -2.35. The molecule has 18 heavy (non-hydrogen) atoms. The summed E-state index contributed by atoms with van der Waals surface area (Å²) >= 11 is 0. The first kappa shape index (κ1) is 12.9. The Balaban J connectivity index is 1.89. The molecule has 0 atom stereocenters. The van der Waals surface area contributed by atoms with Gasteiger partial charge in [-0.2, -0.15) is 0 Å². The number of rotatable bonds is 6. The maximum absolute atomic E-state index is 12.0. The molecule has 4 nitrogen and oxygen atoms in total. The number of carbonyl (C=O) groups is 1. The molecule has 1 amide bonds. The van der Waals surface area contributed by atoms with Crippen LogP contribution in [0.15, 0.2) is 24.3 Å². The topological polar surface area (TPSA) is 60.8 Å². The van der Waals surface area contributed by atoms with Crippen LogP contribution in [0.25, 0.3) is 0 Å². The summed E-state index contributed by atoms with van der Waals surface area (Å²) in [5.41, 5.74) is 0.797. The highest BCUT2D eigenvalue weighted by molar-refractivity contribution is 5.77. The van der Waals surface area contributed by atoms with Crippen molar-refractivity contribution < 1.29 is 15.0 Å². The Kier molecular flexibility index (Phi) is 4.20. The van der Waals surface area contributed by atoms with Crippen LogP contribution in [0, 0.1) is 0 Å². The van der Waals surface area contributed by atoms with Gasteiger partial charge in [-0.25, -0.2) is 0 Å². The molecule has 1 aromatic rings. The number of aryl methyl sites for hydroxylation is 1. The van der Waals surface area contributed by atoms with E-state index in [1.807, 2.05) is 12.1 Å². The molecule has 4 heteroatoms. The molecule has 98 valence electrons. The average Bonchev–Trinajstić information content (AvgIpc) is 3.19. The number of hydrogen-bond acceptors (Lipinski definition) is 3.